The molecule has 4 N–H and O–H groups in total. The lowest BCUT2D eigenvalue weighted by Crippen LogP contribution is -2.58. The van der Waals surface area contributed by atoms with Gasteiger partial charge in [-0.2, -0.15) is 4.99 Å². The van der Waals surface area contributed by atoms with Crippen LogP contribution in [0.1, 0.15) is 56.4 Å². The van der Waals surface area contributed by atoms with Crippen LogP contribution in [0.3, 0.4) is 0 Å². The molecule has 1 aromatic rings. The van der Waals surface area contributed by atoms with Gasteiger partial charge in [-0.15, -0.1) is 0 Å². The van der Waals surface area contributed by atoms with Gasteiger partial charge in [-0.25, -0.2) is 4.99 Å². The number of benzene rings is 1. The Morgan fingerprint density at radius 3 is 2.32 bits per heavy atom. The summed E-state index contributed by atoms with van der Waals surface area (Å²) in [6, 6.07) is 8.75. The van der Waals surface area contributed by atoms with Crippen molar-refractivity contribution in [3.63, 3.8) is 0 Å². The fourth-order valence-electron chi connectivity index (χ4n) is 3.81. The second-order valence-electron chi connectivity index (χ2n) is 6.68. The first-order chi connectivity index (χ1) is 10.7. The number of nitrogens with two attached hydrogens (primary N) is 2. The molecule has 3 aliphatic rings. The van der Waals surface area contributed by atoms with Crippen LogP contribution in [-0.2, 0) is 0 Å². The van der Waals surface area contributed by atoms with Crippen LogP contribution in [0, 0.1) is 0 Å². The Morgan fingerprint density at radius 2 is 1.68 bits per heavy atom. The highest BCUT2D eigenvalue weighted by molar-refractivity contribution is 6.05. The summed E-state index contributed by atoms with van der Waals surface area (Å²) in [6.45, 7) is 0. The van der Waals surface area contributed by atoms with Crippen LogP contribution in [-0.4, -0.2) is 17.6 Å². The van der Waals surface area contributed by atoms with Gasteiger partial charge in [0, 0.05) is 5.69 Å². The molecule has 1 aromatic carbocycles. The summed E-state index contributed by atoms with van der Waals surface area (Å²) in [5.41, 5.74) is 14.3. The van der Waals surface area contributed by atoms with Gasteiger partial charge >= 0.3 is 0 Å². The van der Waals surface area contributed by atoms with Crippen LogP contribution in [0.2, 0.25) is 0 Å². The molecule has 0 radical (unpaired) electrons. The zero-order valence-electron chi connectivity index (χ0n) is 12.8. The maximum atomic E-state index is 6.23. The van der Waals surface area contributed by atoms with Gasteiger partial charge in [0.05, 0.1) is 0 Å². The zero-order valence-corrected chi connectivity index (χ0v) is 12.8. The van der Waals surface area contributed by atoms with Gasteiger partial charge in [0.25, 0.3) is 0 Å². The highest BCUT2D eigenvalue weighted by Crippen LogP contribution is 2.42. The van der Waals surface area contributed by atoms with Gasteiger partial charge < -0.3 is 11.5 Å². The average molecular weight is 297 g/mol. The molecule has 22 heavy (non-hydrogen) atoms. The molecule has 0 unspecified atom stereocenters. The monoisotopic (exact) mass is 297 g/mol. The lowest BCUT2D eigenvalue weighted by Gasteiger charge is -2.45. The first-order valence-corrected chi connectivity index (χ1v) is 8.28. The third kappa shape index (κ3) is 2.25. The molecule has 0 atom stereocenters. The van der Waals surface area contributed by atoms with Gasteiger partial charge in [0.1, 0.15) is 5.66 Å². The minimum Gasteiger partial charge on any atom is -0.369 e. The quantitative estimate of drug-likeness (QED) is 0.880. The van der Waals surface area contributed by atoms with Gasteiger partial charge in [-0.1, -0.05) is 18.6 Å². The van der Waals surface area contributed by atoms with Crippen molar-refractivity contribution in [3.8, 4) is 0 Å². The summed E-state index contributed by atoms with van der Waals surface area (Å²) in [4.78, 5) is 11.0. The van der Waals surface area contributed by atoms with Crippen molar-refractivity contribution in [1.82, 2.24) is 0 Å². The molecule has 0 bridgehead atoms. The predicted octanol–water partition coefficient (Wildman–Crippen LogP) is 2.67. The lowest BCUT2D eigenvalue weighted by atomic mass is 9.87. The van der Waals surface area contributed by atoms with E-state index in [1.807, 2.05) is 0 Å². The number of hydrogen-bond donors (Lipinski definition) is 2. The molecule has 2 saturated carbocycles. The van der Waals surface area contributed by atoms with Gasteiger partial charge in [-0.05, 0) is 62.1 Å². The SMILES string of the molecule is NC1=NC2(CCCCC2)N(c2ccc(C3CC3)cc2)C(N)=N1. The van der Waals surface area contributed by atoms with Crippen LogP contribution in [0.5, 0.6) is 0 Å². The summed E-state index contributed by atoms with van der Waals surface area (Å²) in [5, 5.41) is 0. The first kappa shape index (κ1) is 13.6. The van der Waals surface area contributed by atoms with Gasteiger partial charge in [-0.3, -0.25) is 4.90 Å². The molecule has 4 rings (SSSR count). The molecule has 0 amide bonds. The molecular formula is C17H23N5. The van der Waals surface area contributed by atoms with E-state index in [1.165, 1.54) is 24.8 Å². The van der Waals surface area contributed by atoms with Crippen molar-refractivity contribution in [2.45, 2.75) is 56.5 Å². The Balaban J connectivity index is 1.71. The zero-order chi connectivity index (χ0) is 15.2. The van der Waals surface area contributed by atoms with Crippen LogP contribution in [0.15, 0.2) is 34.3 Å². The number of rotatable bonds is 2. The Bertz CT molecular complexity index is 621. The Morgan fingerprint density at radius 1 is 1.00 bits per heavy atom. The molecule has 5 heteroatoms. The highest BCUT2D eigenvalue weighted by atomic mass is 15.4. The van der Waals surface area contributed by atoms with E-state index in [0.717, 1.165) is 37.3 Å². The number of aliphatic imine (C=N–C) groups is 2. The molecule has 1 spiro atoms. The summed E-state index contributed by atoms with van der Waals surface area (Å²) < 4.78 is 0. The van der Waals surface area contributed by atoms with E-state index in [0.29, 0.717) is 11.9 Å². The molecule has 1 aliphatic heterocycles. The summed E-state index contributed by atoms with van der Waals surface area (Å²) in [6.07, 6.45) is 8.15. The fourth-order valence-corrected chi connectivity index (χ4v) is 3.81. The number of anilines is 1. The van der Waals surface area contributed by atoms with E-state index in [9.17, 15) is 0 Å². The van der Waals surface area contributed by atoms with E-state index in [-0.39, 0.29) is 5.66 Å². The van der Waals surface area contributed by atoms with Crippen molar-refractivity contribution in [2.24, 2.45) is 21.5 Å². The highest BCUT2D eigenvalue weighted by Gasteiger charge is 2.42. The Kier molecular flexibility index (Phi) is 3.10. The second kappa shape index (κ2) is 5.00. The summed E-state index contributed by atoms with van der Waals surface area (Å²) >= 11 is 0. The molecule has 2 aliphatic carbocycles. The van der Waals surface area contributed by atoms with Crippen LogP contribution in [0.25, 0.3) is 0 Å². The third-order valence-electron chi connectivity index (χ3n) is 5.05. The number of hydrogen-bond acceptors (Lipinski definition) is 5. The van der Waals surface area contributed by atoms with E-state index in [4.69, 9.17) is 16.5 Å². The van der Waals surface area contributed by atoms with E-state index in [1.54, 1.807) is 0 Å². The minimum absolute atomic E-state index is 0.310. The summed E-state index contributed by atoms with van der Waals surface area (Å²) in [7, 11) is 0. The first-order valence-electron chi connectivity index (χ1n) is 8.28. The maximum absolute atomic E-state index is 6.23. The van der Waals surface area contributed by atoms with E-state index in [2.05, 4.69) is 34.2 Å². The maximum Gasteiger partial charge on any atom is 0.220 e. The molecule has 2 fully saturated rings. The van der Waals surface area contributed by atoms with Crippen molar-refractivity contribution < 1.29 is 0 Å². The van der Waals surface area contributed by atoms with Crippen LogP contribution in [0.4, 0.5) is 5.69 Å². The van der Waals surface area contributed by atoms with Gasteiger partial charge in [0.2, 0.25) is 11.9 Å². The van der Waals surface area contributed by atoms with Crippen LogP contribution < -0.4 is 16.4 Å². The Hall–Kier alpha value is -2.04. The lowest BCUT2D eigenvalue weighted by molar-refractivity contribution is 0.305. The van der Waals surface area contributed by atoms with E-state index < -0.39 is 0 Å². The smallest absolute Gasteiger partial charge is 0.220 e. The van der Waals surface area contributed by atoms with Crippen LogP contribution >= 0.6 is 0 Å². The Labute approximate surface area is 131 Å². The normalized spacial score (nSPS) is 24.1. The molecule has 116 valence electrons. The van der Waals surface area contributed by atoms with Crippen molar-refractivity contribution in [3.05, 3.63) is 29.8 Å². The largest absolute Gasteiger partial charge is 0.369 e. The molecule has 5 nitrogen and oxygen atoms in total. The second-order valence-corrected chi connectivity index (χ2v) is 6.68. The van der Waals surface area contributed by atoms with Crippen molar-refractivity contribution in [2.75, 3.05) is 4.90 Å². The van der Waals surface area contributed by atoms with E-state index >= 15 is 0 Å². The van der Waals surface area contributed by atoms with Crippen molar-refractivity contribution in [1.29, 1.82) is 0 Å². The van der Waals surface area contributed by atoms with Gasteiger partial charge in [0.15, 0.2) is 0 Å². The predicted molar refractivity (Wildman–Crippen MR) is 90.0 cm³/mol. The topological polar surface area (TPSA) is 80.0 Å². The molecular weight excluding hydrogens is 274 g/mol. The minimum atomic E-state index is -0.338. The van der Waals surface area contributed by atoms with Crippen molar-refractivity contribution >= 4 is 17.6 Å². The number of guanidine groups is 2. The summed E-state index contributed by atoms with van der Waals surface area (Å²) in [5.74, 6) is 1.54. The average Bonchev–Trinajstić information content (AvgIpc) is 3.32. The molecule has 0 aromatic heterocycles. The fraction of sp³-hybridized carbons (Fsp3) is 0.529. The third-order valence-corrected chi connectivity index (χ3v) is 5.05. The molecule has 1 heterocycles. The number of nitrogens with zero attached hydrogens (tertiary/aromatic N) is 3. The standard InChI is InChI=1S/C17H23N5/c18-15-20-16(19)22(17(21-15)10-2-1-3-11-17)14-8-6-13(7-9-14)12-4-5-12/h6-9,12H,1-5,10-11H2,(H4,18,19,20,21). The molecule has 0 saturated heterocycles.